The topological polar surface area (TPSA) is 62.2 Å². The molecule has 3 aliphatic rings. The Morgan fingerprint density at radius 3 is 2.36 bits per heavy atom. The van der Waals surface area contributed by atoms with Crippen LogP contribution in [0.5, 0.6) is 11.5 Å². The fourth-order valence-electron chi connectivity index (χ4n) is 4.71. The van der Waals surface area contributed by atoms with E-state index in [-0.39, 0.29) is 6.10 Å². The maximum absolute atomic E-state index is 11.2. The van der Waals surface area contributed by atoms with E-state index < -0.39 is 5.97 Å². The third-order valence-corrected chi connectivity index (χ3v) is 6.59. The van der Waals surface area contributed by atoms with E-state index in [0.29, 0.717) is 12.2 Å². The van der Waals surface area contributed by atoms with Gasteiger partial charge in [-0.15, -0.1) is 0 Å². The van der Waals surface area contributed by atoms with Crippen LogP contribution in [0.1, 0.15) is 30.1 Å². The van der Waals surface area contributed by atoms with Gasteiger partial charge in [-0.25, -0.2) is 4.79 Å². The first kappa shape index (κ1) is 21.7. The van der Waals surface area contributed by atoms with Crippen molar-refractivity contribution >= 4 is 5.97 Å². The Morgan fingerprint density at radius 1 is 0.939 bits per heavy atom. The summed E-state index contributed by atoms with van der Waals surface area (Å²) in [5.74, 6) is 0.786. The first-order chi connectivity index (χ1) is 16.1. The lowest BCUT2D eigenvalue weighted by Gasteiger charge is -2.35. The Bertz CT molecular complexity index is 1050. The van der Waals surface area contributed by atoms with Crippen LogP contribution in [0.15, 0.2) is 71.8 Å². The molecular weight excluding hydrogens is 416 g/mol. The zero-order valence-corrected chi connectivity index (χ0v) is 18.8. The summed E-state index contributed by atoms with van der Waals surface area (Å²) in [5.41, 5.74) is 4.10. The molecule has 0 unspecified atom stereocenters. The highest BCUT2D eigenvalue weighted by molar-refractivity contribution is 5.90. The zero-order valence-electron chi connectivity index (χ0n) is 18.8. The Balaban J connectivity index is 1.11. The van der Waals surface area contributed by atoms with Gasteiger partial charge in [-0.1, -0.05) is 48.0 Å². The first-order valence-electron chi connectivity index (χ1n) is 11.7. The molecule has 1 fully saturated rings. The predicted molar refractivity (Wildman–Crippen MR) is 127 cm³/mol. The maximum Gasteiger partial charge on any atom is 0.335 e. The minimum Gasteiger partial charge on any atom is -0.485 e. The first-order valence-corrected chi connectivity index (χ1v) is 11.7. The number of piperazine rings is 1. The Kier molecular flexibility index (Phi) is 6.46. The number of carboxylic acids is 1. The van der Waals surface area contributed by atoms with Crippen molar-refractivity contribution in [2.75, 3.05) is 39.3 Å². The number of hydrogen-bond donors (Lipinski definition) is 1. The van der Waals surface area contributed by atoms with Gasteiger partial charge in [0.15, 0.2) is 17.6 Å². The van der Waals surface area contributed by atoms with Crippen LogP contribution in [0.3, 0.4) is 0 Å². The molecule has 5 rings (SSSR count). The molecule has 2 aromatic rings. The van der Waals surface area contributed by atoms with Crippen LogP contribution in [-0.2, 0) is 11.3 Å². The molecular formula is C27H30N2O4. The van der Waals surface area contributed by atoms with Crippen molar-refractivity contribution in [2.24, 2.45) is 0 Å². The van der Waals surface area contributed by atoms with Gasteiger partial charge in [0.25, 0.3) is 0 Å². The number of hydrogen-bond acceptors (Lipinski definition) is 5. The summed E-state index contributed by atoms with van der Waals surface area (Å²) in [4.78, 5) is 16.1. The normalized spacial score (nSPS) is 21.3. The van der Waals surface area contributed by atoms with Gasteiger partial charge in [-0.3, -0.25) is 9.80 Å². The minimum atomic E-state index is -0.824. The number of aliphatic carboxylic acids is 1. The second kappa shape index (κ2) is 9.81. The van der Waals surface area contributed by atoms with Gasteiger partial charge >= 0.3 is 5.97 Å². The van der Waals surface area contributed by atoms with Crippen LogP contribution in [0.2, 0.25) is 0 Å². The minimum absolute atomic E-state index is 0.0805. The zero-order chi connectivity index (χ0) is 22.6. The molecule has 6 heteroatoms. The van der Waals surface area contributed by atoms with Crippen LogP contribution in [0, 0.1) is 0 Å². The fraction of sp³-hybridized carbons (Fsp3) is 0.370. The van der Waals surface area contributed by atoms with Gasteiger partial charge in [-0.2, -0.15) is 0 Å². The summed E-state index contributed by atoms with van der Waals surface area (Å²) in [6.07, 6.45) is 5.39. The molecule has 2 aromatic carbocycles. The Morgan fingerprint density at radius 2 is 1.64 bits per heavy atom. The summed E-state index contributed by atoms with van der Waals surface area (Å²) < 4.78 is 12.0. The van der Waals surface area contributed by atoms with Gasteiger partial charge in [0, 0.05) is 39.3 Å². The highest BCUT2D eigenvalue weighted by atomic mass is 16.6. The SMILES string of the molecule is O=C(O)C1=CCCC(CN2CCN(Cc3ccc([C@H]4COc5ccccc5O4)cc3)CC2)=C1. The summed E-state index contributed by atoms with van der Waals surface area (Å²) in [7, 11) is 0. The number of allylic oxidation sites excluding steroid dienone is 1. The van der Waals surface area contributed by atoms with Crippen molar-refractivity contribution in [1.82, 2.24) is 9.80 Å². The summed E-state index contributed by atoms with van der Waals surface area (Å²) in [6, 6.07) is 16.5. The van der Waals surface area contributed by atoms with Gasteiger partial charge in [0.1, 0.15) is 6.61 Å². The number of nitrogens with zero attached hydrogens (tertiary/aromatic N) is 2. The number of carbonyl (C=O) groups is 1. The Hall–Kier alpha value is -3.09. The number of ether oxygens (including phenoxy) is 2. The van der Waals surface area contributed by atoms with E-state index >= 15 is 0 Å². The number of para-hydroxylation sites is 2. The van der Waals surface area contributed by atoms with E-state index in [9.17, 15) is 9.90 Å². The lowest BCUT2D eigenvalue weighted by atomic mass is 9.99. The van der Waals surface area contributed by atoms with Crippen molar-refractivity contribution in [3.05, 3.63) is 83.0 Å². The van der Waals surface area contributed by atoms with Gasteiger partial charge in [0.2, 0.25) is 0 Å². The molecule has 0 bridgehead atoms. The largest absolute Gasteiger partial charge is 0.485 e. The van der Waals surface area contributed by atoms with E-state index in [4.69, 9.17) is 9.47 Å². The lowest BCUT2D eigenvalue weighted by molar-refractivity contribution is -0.132. The third-order valence-electron chi connectivity index (χ3n) is 6.59. The molecule has 172 valence electrons. The molecule has 0 amide bonds. The standard InChI is InChI=1S/C27H30N2O4/c30-27(31)23-5-3-4-21(16-23)18-29-14-12-28(13-15-29)17-20-8-10-22(11-9-20)26-19-32-24-6-1-2-7-25(24)33-26/h1-2,5-11,16,26H,3-4,12-15,17-19H2,(H,30,31)/t26-/m1/s1. The second-order valence-electron chi connectivity index (χ2n) is 8.96. The smallest absolute Gasteiger partial charge is 0.335 e. The molecule has 2 heterocycles. The fourth-order valence-corrected chi connectivity index (χ4v) is 4.71. The van der Waals surface area contributed by atoms with Crippen molar-refractivity contribution in [3.8, 4) is 11.5 Å². The van der Waals surface area contributed by atoms with E-state index in [1.54, 1.807) is 0 Å². The number of rotatable bonds is 6. The average Bonchev–Trinajstić information content (AvgIpc) is 2.85. The molecule has 0 radical (unpaired) electrons. The van der Waals surface area contributed by atoms with E-state index in [1.807, 2.05) is 36.4 Å². The van der Waals surface area contributed by atoms with E-state index in [2.05, 4.69) is 34.1 Å². The molecule has 6 nitrogen and oxygen atoms in total. The molecule has 0 aromatic heterocycles. The number of carboxylic acid groups (broad SMARTS) is 1. The van der Waals surface area contributed by atoms with Crippen molar-refractivity contribution in [1.29, 1.82) is 0 Å². The summed E-state index contributed by atoms with van der Waals surface area (Å²) in [6.45, 7) is 6.40. The number of benzene rings is 2. The molecule has 1 N–H and O–H groups in total. The predicted octanol–water partition coefficient (Wildman–Crippen LogP) is 4.05. The molecule has 0 saturated carbocycles. The van der Waals surface area contributed by atoms with E-state index in [0.717, 1.165) is 69.2 Å². The highest BCUT2D eigenvalue weighted by Gasteiger charge is 2.23. The lowest BCUT2D eigenvalue weighted by Crippen LogP contribution is -2.46. The van der Waals surface area contributed by atoms with Crippen LogP contribution in [0.4, 0.5) is 0 Å². The molecule has 1 aliphatic carbocycles. The molecule has 33 heavy (non-hydrogen) atoms. The molecule has 1 atom stereocenters. The molecule has 0 spiro atoms. The monoisotopic (exact) mass is 446 g/mol. The molecule has 1 saturated heterocycles. The number of fused-ring (bicyclic) bond motifs is 1. The highest BCUT2D eigenvalue weighted by Crippen LogP contribution is 2.35. The summed E-state index contributed by atoms with van der Waals surface area (Å²) >= 11 is 0. The van der Waals surface area contributed by atoms with Crippen molar-refractivity contribution in [3.63, 3.8) is 0 Å². The second-order valence-corrected chi connectivity index (χ2v) is 8.96. The van der Waals surface area contributed by atoms with Gasteiger partial charge < -0.3 is 14.6 Å². The van der Waals surface area contributed by atoms with Gasteiger partial charge in [0.05, 0.1) is 5.57 Å². The Labute approximate surface area is 194 Å². The van der Waals surface area contributed by atoms with E-state index in [1.165, 1.54) is 11.1 Å². The van der Waals surface area contributed by atoms with Gasteiger partial charge in [-0.05, 0) is 42.2 Å². The van der Waals surface area contributed by atoms with Crippen LogP contribution >= 0.6 is 0 Å². The van der Waals surface area contributed by atoms with Crippen LogP contribution in [-0.4, -0.2) is 60.2 Å². The quantitative estimate of drug-likeness (QED) is 0.723. The van der Waals surface area contributed by atoms with Crippen molar-refractivity contribution < 1.29 is 19.4 Å². The van der Waals surface area contributed by atoms with Crippen molar-refractivity contribution in [2.45, 2.75) is 25.5 Å². The van der Waals surface area contributed by atoms with Crippen LogP contribution in [0.25, 0.3) is 0 Å². The van der Waals surface area contributed by atoms with Crippen LogP contribution < -0.4 is 9.47 Å². The average molecular weight is 447 g/mol. The summed E-state index contributed by atoms with van der Waals surface area (Å²) in [5, 5.41) is 9.22. The third kappa shape index (κ3) is 5.29. The maximum atomic E-state index is 11.2. The molecule has 2 aliphatic heterocycles.